The zero-order valence-electron chi connectivity index (χ0n) is 12.6. The summed E-state index contributed by atoms with van der Waals surface area (Å²) in [7, 11) is 0. The third-order valence-electron chi connectivity index (χ3n) is 3.70. The summed E-state index contributed by atoms with van der Waals surface area (Å²) < 4.78 is 0. The molecule has 2 aromatic heterocycles. The van der Waals surface area contributed by atoms with Crippen molar-refractivity contribution in [3.63, 3.8) is 0 Å². The number of para-hydroxylation sites is 1. The highest BCUT2D eigenvalue weighted by Crippen LogP contribution is 2.24. The van der Waals surface area contributed by atoms with Gasteiger partial charge in [-0.25, -0.2) is 4.98 Å². The van der Waals surface area contributed by atoms with Crippen molar-refractivity contribution >= 4 is 27.9 Å². The van der Waals surface area contributed by atoms with Crippen LogP contribution in [0.5, 0.6) is 0 Å². The van der Waals surface area contributed by atoms with Gasteiger partial charge in [0.15, 0.2) is 0 Å². The Hall–Kier alpha value is -1.94. The van der Waals surface area contributed by atoms with Gasteiger partial charge in [0.1, 0.15) is 0 Å². The predicted octanol–water partition coefficient (Wildman–Crippen LogP) is 4.27. The lowest BCUT2D eigenvalue weighted by Gasteiger charge is -2.09. The van der Waals surface area contributed by atoms with Gasteiger partial charge in [-0.2, -0.15) is 0 Å². The Balaban J connectivity index is 1.75. The minimum Gasteiger partial charge on any atom is -0.384 e. The van der Waals surface area contributed by atoms with E-state index < -0.39 is 0 Å². The first-order chi connectivity index (χ1) is 10.1. The average molecular weight is 297 g/mol. The van der Waals surface area contributed by atoms with Crippen LogP contribution < -0.4 is 5.32 Å². The molecular weight excluding hydrogens is 278 g/mol. The molecule has 1 N–H and O–H groups in total. The van der Waals surface area contributed by atoms with E-state index >= 15 is 0 Å². The molecule has 0 amide bonds. The molecule has 0 unspecified atom stereocenters. The lowest BCUT2D eigenvalue weighted by molar-refractivity contribution is 0.986. The van der Waals surface area contributed by atoms with E-state index in [9.17, 15) is 0 Å². The molecule has 21 heavy (non-hydrogen) atoms. The van der Waals surface area contributed by atoms with Gasteiger partial charge in [-0.05, 0) is 32.4 Å². The van der Waals surface area contributed by atoms with Crippen LogP contribution in [0.3, 0.4) is 0 Å². The Morgan fingerprint density at radius 1 is 1.14 bits per heavy atom. The maximum absolute atomic E-state index is 4.58. The van der Waals surface area contributed by atoms with Crippen molar-refractivity contribution < 1.29 is 0 Å². The Kier molecular flexibility index (Phi) is 3.88. The second kappa shape index (κ2) is 5.82. The number of hydrogen-bond acceptors (Lipinski definition) is 4. The fraction of sp³-hybridized carbons (Fsp3) is 0.294. The standard InChI is InChI=1S/C17H19N3S/c1-11-5-4-6-14-15(7-9-19-17(11)14)18-10-8-16-20-12(2)13(3)21-16/h4-7,9H,8,10H2,1-3H3,(H,18,19). The predicted molar refractivity (Wildman–Crippen MR) is 90.3 cm³/mol. The van der Waals surface area contributed by atoms with Crippen LogP contribution in [0.1, 0.15) is 21.1 Å². The molecule has 1 aromatic carbocycles. The summed E-state index contributed by atoms with van der Waals surface area (Å²) in [6.07, 6.45) is 2.82. The third kappa shape index (κ3) is 2.90. The maximum Gasteiger partial charge on any atom is 0.0948 e. The number of anilines is 1. The number of nitrogens with zero attached hydrogens (tertiary/aromatic N) is 2. The molecule has 0 spiro atoms. The largest absolute Gasteiger partial charge is 0.384 e. The molecule has 0 radical (unpaired) electrons. The minimum absolute atomic E-state index is 0.888. The molecule has 0 fully saturated rings. The van der Waals surface area contributed by atoms with E-state index in [-0.39, 0.29) is 0 Å². The fourth-order valence-electron chi connectivity index (χ4n) is 2.43. The van der Waals surface area contributed by atoms with Crippen molar-refractivity contribution in [1.82, 2.24) is 9.97 Å². The molecular formula is C17H19N3S. The Bertz CT molecular complexity index is 757. The number of aryl methyl sites for hydroxylation is 3. The van der Waals surface area contributed by atoms with Crippen LogP contribution >= 0.6 is 11.3 Å². The first-order valence-corrected chi connectivity index (χ1v) is 7.98. The second-order valence-corrected chi connectivity index (χ2v) is 6.54. The fourth-order valence-corrected chi connectivity index (χ4v) is 3.36. The molecule has 0 aliphatic rings. The van der Waals surface area contributed by atoms with E-state index in [1.807, 2.05) is 12.3 Å². The van der Waals surface area contributed by atoms with Gasteiger partial charge in [0.05, 0.1) is 16.2 Å². The summed E-state index contributed by atoms with van der Waals surface area (Å²) in [5.41, 5.74) is 4.58. The molecule has 3 nitrogen and oxygen atoms in total. The molecule has 0 atom stereocenters. The van der Waals surface area contributed by atoms with E-state index in [1.165, 1.54) is 20.8 Å². The Morgan fingerprint density at radius 3 is 2.76 bits per heavy atom. The van der Waals surface area contributed by atoms with Crippen molar-refractivity contribution in [1.29, 1.82) is 0 Å². The van der Waals surface area contributed by atoms with Crippen molar-refractivity contribution in [3.8, 4) is 0 Å². The quantitative estimate of drug-likeness (QED) is 0.781. The number of benzene rings is 1. The minimum atomic E-state index is 0.888. The number of rotatable bonds is 4. The molecule has 3 aromatic rings. The molecule has 3 rings (SSSR count). The monoisotopic (exact) mass is 297 g/mol. The number of fused-ring (bicyclic) bond motifs is 1. The molecule has 0 aliphatic heterocycles. The summed E-state index contributed by atoms with van der Waals surface area (Å²) in [5.74, 6) is 0. The van der Waals surface area contributed by atoms with Gasteiger partial charge in [-0.1, -0.05) is 18.2 Å². The summed E-state index contributed by atoms with van der Waals surface area (Å²) in [4.78, 5) is 10.4. The van der Waals surface area contributed by atoms with Gasteiger partial charge in [-0.3, -0.25) is 4.98 Å². The van der Waals surface area contributed by atoms with Crippen LogP contribution in [0, 0.1) is 20.8 Å². The van der Waals surface area contributed by atoms with Gasteiger partial charge < -0.3 is 5.32 Å². The van der Waals surface area contributed by atoms with Crippen molar-refractivity contribution in [2.24, 2.45) is 0 Å². The molecule has 0 aliphatic carbocycles. The zero-order valence-corrected chi connectivity index (χ0v) is 13.4. The van der Waals surface area contributed by atoms with Crippen LogP contribution in [0.4, 0.5) is 5.69 Å². The summed E-state index contributed by atoms with van der Waals surface area (Å²) in [6, 6.07) is 8.34. The molecule has 0 saturated carbocycles. The summed E-state index contributed by atoms with van der Waals surface area (Å²) in [5, 5.41) is 5.90. The Labute approximate surface area is 129 Å². The molecule has 2 heterocycles. The van der Waals surface area contributed by atoms with Crippen molar-refractivity contribution in [2.75, 3.05) is 11.9 Å². The highest BCUT2D eigenvalue weighted by molar-refractivity contribution is 7.11. The van der Waals surface area contributed by atoms with Crippen LogP contribution in [0.15, 0.2) is 30.5 Å². The maximum atomic E-state index is 4.58. The molecule has 4 heteroatoms. The van der Waals surface area contributed by atoms with Crippen molar-refractivity contribution in [2.45, 2.75) is 27.2 Å². The number of pyridine rings is 1. The number of hydrogen-bond donors (Lipinski definition) is 1. The highest BCUT2D eigenvalue weighted by Gasteiger charge is 2.05. The van der Waals surface area contributed by atoms with Crippen molar-refractivity contribution in [3.05, 3.63) is 51.6 Å². The first-order valence-electron chi connectivity index (χ1n) is 7.16. The van der Waals surface area contributed by atoms with E-state index in [0.717, 1.165) is 29.9 Å². The van der Waals surface area contributed by atoms with E-state index in [0.29, 0.717) is 0 Å². The Morgan fingerprint density at radius 2 is 2.00 bits per heavy atom. The molecule has 0 saturated heterocycles. The molecule has 0 bridgehead atoms. The van der Waals surface area contributed by atoms with Gasteiger partial charge in [0, 0.05) is 35.1 Å². The van der Waals surface area contributed by atoms with Gasteiger partial charge in [-0.15, -0.1) is 11.3 Å². The summed E-state index contributed by atoms with van der Waals surface area (Å²) >= 11 is 1.79. The number of nitrogens with one attached hydrogen (secondary N) is 1. The van der Waals surface area contributed by atoms with E-state index in [1.54, 1.807) is 11.3 Å². The molecule has 108 valence electrons. The van der Waals surface area contributed by atoms with Crippen LogP contribution in [0.25, 0.3) is 10.9 Å². The third-order valence-corrected chi connectivity index (χ3v) is 4.83. The topological polar surface area (TPSA) is 37.8 Å². The number of aromatic nitrogens is 2. The lowest BCUT2D eigenvalue weighted by atomic mass is 10.1. The van der Waals surface area contributed by atoms with Crippen LogP contribution in [0.2, 0.25) is 0 Å². The van der Waals surface area contributed by atoms with E-state index in [2.05, 4.69) is 54.3 Å². The zero-order chi connectivity index (χ0) is 14.8. The smallest absolute Gasteiger partial charge is 0.0948 e. The first kappa shape index (κ1) is 14.0. The van der Waals surface area contributed by atoms with Gasteiger partial charge >= 0.3 is 0 Å². The summed E-state index contributed by atoms with van der Waals surface area (Å²) in [6.45, 7) is 7.19. The second-order valence-electron chi connectivity index (χ2n) is 5.26. The lowest BCUT2D eigenvalue weighted by Crippen LogP contribution is -2.05. The highest BCUT2D eigenvalue weighted by atomic mass is 32.1. The average Bonchev–Trinajstić information content (AvgIpc) is 2.79. The normalized spacial score (nSPS) is 11.0. The number of thiazole rings is 1. The van der Waals surface area contributed by atoms with Gasteiger partial charge in [0.25, 0.3) is 0 Å². The van der Waals surface area contributed by atoms with E-state index in [4.69, 9.17) is 0 Å². The SMILES string of the molecule is Cc1nc(CCNc2ccnc3c(C)cccc23)sc1C. The van der Waals surface area contributed by atoms with Gasteiger partial charge in [0.2, 0.25) is 0 Å². The van der Waals surface area contributed by atoms with Crippen LogP contribution in [-0.4, -0.2) is 16.5 Å². The van der Waals surface area contributed by atoms with Crippen LogP contribution in [-0.2, 0) is 6.42 Å².